The van der Waals surface area contributed by atoms with E-state index in [9.17, 15) is 38.4 Å². The van der Waals surface area contributed by atoms with Crippen LogP contribution in [0.25, 0.3) is 0 Å². The first-order chi connectivity index (χ1) is 21.4. The van der Waals surface area contributed by atoms with E-state index in [0.717, 1.165) is 55.6 Å². The maximum Gasteiger partial charge on any atom is 0.339 e. The summed E-state index contributed by atoms with van der Waals surface area (Å²) in [5.74, 6) is -7.22. The van der Waals surface area contributed by atoms with Crippen LogP contribution >= 0.6 is 0 Å². The highest BCUT2D eigenvalue weighted by Crippen LogP contribution is 2.35. The Labute approximate surface area is 262 Å². The van der Waals surface area contributed by atoms with Gasteiger partial charge in [0.1, 0.15) is 24.9 Å². The predicted octanol–water partition coefficient (Wildman–Crippen LogP) is -1.65. The number of carbonyl (C=O) groups excluding carboxylic acids is 8. The smallest absolute Gasteiger partial charge is 0.339 e. The number of esters is 7. The lowest BCUT2D eigenvalue weighted by Crippen LogP contribution is -2.69. The molecule has 2 aliphatic rings. The molecule has 0 bridgehead atoms. The molecular formula is C27H37NO18. The molecule has 46 heavy (non-hydrogen) atoms. The Bertz CT molecular complexity index is 1190. The summed E-state index contributed by atoms with van der Waals surface area (Å²) in [7, 11) is 0.986. The Morgan fingerprint density at radius 2 is 1.07 bits per heavy atom. The van der Waals surface area contributed by atoms with Crippen LogP contribution in [0.3, 0.4) is 0 Å². The lowest BCUT2D eigenvalue weighted by atomic mass is 9.94. The van der Waals surface area contributed by atoms with E-state index >= 15 is 0 Å². The largest absolute Gasteiger partial charge is 0.467 e. The van der Waals surface area contributed by atoms with Crippen molar-refractivity contribution in [1.29, 1.82) is 0 Å². The highest BCUT2D eigenvalue weighted by Gasteiger charge is 2.58. The molecule has 258 valence electrons. The zero-order valence-corrected chi connectivity index (χ0v) is 26.3. The third-order valence-corrected chi connectivity index (χ3v) is 6.18. The van der Waals surface area contributed by atoms with Gasteiger partial charge in [0, 0.05) is 48.5 Å². The van der Waals surface area contributed by atoms with Gasteiger partial charge in [0.25, 0.3) is 0 Å². The van der Waals surface area contributed by atoms with Crippen molar-refractivity contribution in [3.05, 3.63) is 0 Å². The SMILES string of the molecule is COC(=O)[C@@H]1O[C@@H](O[C@H]2[C@H](OC(C)=O)[C@@H](NC(C)=O)[C@@H](OC(C)=O)O[C@@H]2COC(C)=O)[C@H](OC(C)=O)[C@@H](OC(C)=O)[C@@H]1OC(C)=O. The fourth-order valence-corrected chi connectivity index (χ4v) is 4.73. The summed E-state index contributed by atoms with van der Waals surface area (Å²) >= 11 is 0. The van der Waals surface area contributed by atoms with Gasteiger partial charge in [-0.1, -0.05) is 0 Å². The third kappa shape index (κ3) is 10.6. The first-order valence-corrected chi connectivity index (χ1v) is 13.8. The summed E-state index contributed by atoms with van der Waals surface area (Å²) in [6.07, 6.45) is -15.3. The van der Waals surface area contributed by atoms with Crippen LogP contribution in [-0.2, 0) is 85.7 Å². The monoisotopic (exact) mass is 663 g/mol. The zero-order valence-electron chi connectivity index (χ0n) is 26.3. The van der Waals surface area contributed by atoms with Gasteiger partial charge in [0.05, 0.1) is 7.11 Å². The molecule has 1 amide bonds. The summed E-state index contributed by atoms with van der Waals surface area (Å²) < 4.78 is 54.3. The number of hydrogen-bond acceptors (Lipinski definition) is 18. The van der Waals surface area contributed by atoms with Crippen molar-refractivity contribution < 1.29 is 85.7 Å². The van der Waals surface area contributed by atoms with Crippen LogP contribution in [-0.4, -0.2) is 123 Å². The summed E-state index contributed by atoms with van der Waals surface area (Å²) in [4.78, 5) is 97.3. The quantitative estimate of drug-likeness (QED) is 0.192. The van der Waals surface area contributed by atoms with Crippen LogP contribution in [0.2, 0.25) is 0 Å². The molecule has 0 aromatic heterocycles. The van der Waals surface area contributed by atoms with Crippen molar-refractivity contribution in [2.75, 3.05) is 13.7 Å². The summed E-state index contributed by atoms with van der Waals surface area (Å²) in [6, 6.07) is -1.45. The maximum absolute atomic E-state index is 12.8. The molecule has 2 aliphatic heterocycles. The van der Waals surface area contributed by atoms with E-state index in [2.05, 4.69) is 5.32 Å². The molecular weight excluding hydrogens is 626 g/mol. The van der Waals surface area contributed by atoms with Gasteiger partial charge in [-0.15, -0.1) is 0 Å². The molecule has 0 unspecified atom stereocenters. The van der Waals surface area contributed by atoms with E-state index in [1.807, 2.05) is 0 Å². The molecule has 2 heterocycles. The van der Waals surface area contributed by atoms with Crippen molar-refractivity contribution in [2.24, 2.45) is 0 Å². The first-order valence-electron chi connectivity index (χ1n) is 13.8. The molecule has 1 N–H and O–H groups in total. The average molecular weight is 664 g/mol. The lowest BCUT2D eigenvalue weighted by molar-refractivity contribution is -0.343. The number of methoxy groups -OCH3 is 1. The minimum atomic E-state index is -1.92. The van der Waals surface area contributed by atoms with E-state index in [4.69, 9.17) is 47.4 Å². The first kappa shape index (κ1) is 37.8. The summed E-state index contributed by atoms with van der Waals surface area (Å²) in [6.45, 7) is 6.60. The normalized spacial score (nSPS) is 30.4. The minimum absolute atomic E-state index is 0.614. The van der Waals surface area contributed by atoms with E-state index in [-0.39, 0.29) is 0 Å². The lowest BCUT2D eigenvalue weighted by Gasteiger charge is -2.48. The number of amides is 1. The topological polar surface area (TPSA) is 241 Å². The molecule has 2 fully saturated rings. The molecule has 2 rings (SSSR count). The van der Waals surface area contributed by atoms with Crippen LogP contribution in [0.1, 0.15) is 48.5 Å². The maximum atomic E-state index is 12.8. The van der Waals surface area contributed by atoms with Crippen LogP contribution in [0.4, 0.5) is 0 Å². The molecule has 2 saturated heterocycles. The number of nitrogens with one attached hydrogen (secondary N) is 1. The molecule has 19 heteroatoms. The van der Waals surface area contributed by atoms with Gasteiger partial charge in [-0.05, 0) is 0 Å². The van der Waals surface area contributed by atoms with Crippen LogP contribution in [0.5, 0.6) is 0 Å². The minimum Gasteiger partial charge on any atom is -0.467 e. The van der Waals surface area contributed by atoms with E-state index in [1.165, 1.54) is 0 Å². The molecule has 19 nitrogen and oxygen atoms in total. The van der Waals surface area contributed by atoms with Gasteiger partial charge in [-0.2, -0.15) is 0 Å². The third-order valence-electron chi connectivity index (χ3n) is 6.18. The number of rotatable bonds is 11. The summed E-state index contributed by atoms with van der Waals surface area (Å²) in [5.41, 5.74) is 0. The van der Waals surface area contributed by atoms with Gasteiger partial charge in [0.2, 0.25) is 12.2 Å². The second kappa shape index (κ2) is 16.8. The summed E-state index contributed by atoms with van der Waals surface area (Å²) in [5, 5.41) is 2.46. The van der Waals surface area contributed by atoms with Crippen LogP contribution in [0.15, 0.2) is 0 Å². The second-order valence-electron chi connectivity index (χ2n) is 10.0. The Morgan fingerprint density at radius 1 is 0.565 bits per heavy atom. The molecule has 0 spiro atoms. The highest BCUT2D eigenvalue weighted by molar-refractivity contribution is 5.77. The van der Waals surface area contributed by atoms with Crippen LogP contribution in [0, 0.1) is 0 Å². The molecule has 0 saturated carbocycles. The Hall–Kier alpha value is -4.36. The van der Waals surface area contributed by atoms with Crippen LogP contribution < -0.4 is 5.32 Å². The Balaban J connectivity index is 2.75. The van der Waals surface area contributed by atoms with E-state index in [0.29, 0.717) is 0 Å². The molecule has 0 aromatic carbocycles. The molecule has 0 aromatic rings. The molecule has 10 atom stereocenters. The van der Waals surface area contributed by atoms with Crippen molar-refractivity contribution in [2.45, 2.75) is 110 Å². The number of hydrogen-bond donors (Lipinski definition) is 1. The highest BCUT2D eigenvalue weighted by atomic mass is 16.8. The van der Waals surface area contributed by atoms with Crippen molar-refractivity contribution in [1.82, 2.24) is 5.32 Å². The standard InChI is InChI=1S/C27H37NO18/c1-10(29)28-18-20(39-12(3)31)19(17(9-38-11(2)30)44-26(18)43-16(7)35)45-27-24(42-15(6)34)22(41-14(5)33)21(40-13(4)32)23(46-27)25(36)37-8/h17-24,26-27H,9H2,1-8H3,(H,28,29)/t17-,18-,19-,20-,21+,22+,23-,24-,26+,27-/m1/s1. The average Bonchev–Trinajstić information content (AvgIpc) is 2.91. The second-order valence-corrected chi connectivity index (χ2v) is 10.0. The fraction of sp³-hybridized carbons (Fsp3) is 0.704. The molecule has 0 aliphatic carbocycles. The van der Waals surface area contributed by atoms with Gasteiger partial charge in [-0.3, -0.25) is 33.6 Å². The van der Waals surface area contributed by atoms with E-state index < -0.39 is 116 Å². The van der Waals surface area contributed by atoms with Crippen molar-refractivity contribution >= 4 is 47.7 Å². The Morgan fingerprint density at radius 3 is 1.54 bits per heavy atom. The fourth-order valence-electron chi connectivity index (χ4n) is 4.73. The number of carbonyl (C=O) groups is 8. The van der Waals surface area contributed by atoms with E-state index in [1.54, 1.807) is 0 Å². The van der Waals surface area contributed by atoms with Gasteiger partial charge in [0.15, 0.2) is 36.8 Å². The Kier molecular flexibility index (Phi) is 13.8. The number of ether oxygens (including phenoxy) is 10. The van der Waals surface area contributed by atoms with Crippen molar-refractivity contribution in [3.8, 4) is 0 Å². The van der Waals surface area contributed by atoms with Gasteiger partial charge < -0.3 is 52.7 Å². The predicted molar refractivity (Wildman–Crippen MR) is 142 cm³/mol. The van der Waals surface area contributed by atoms with Gasteiger partial charge in [-0.25, -0.2) is 4.79 Å². The van der Waals surface area contributed by atoms with Crippen molar-refractivity contribution in [3.63, 3.8) is 0 Å². The molecule has 0 radical (unpaired) electrons. The van der Waals surface area contributed by atoms with Gasteiger partial charge >= 0.3 is 41.8 Å². The zero-order chi connectivity index (χ0) is 34.9.